The number of allylic oxidation sites excluding steroid dienone is 1. The van der Waals surface area contributed by atoms with Crippen LogP contribution in [0.4, 0.5) is 0 Å². The first kappa shape index (κ1) is 11.9. The van der Waals surface area contributed by atoms with Crippen molar-refractivity contribution in [2.24, 2.45) is 0 Å². The van der Waals surface area contributed by atoms with Crippen LogP contribution in [0.5, 0.6) is 0 Å². The Kier molecular flexibility index (Phi) is 3.94. The molecule has 0 nitrogen and oxygen atoms in total. The molecule has 2 aromatic carbocycles. The number of hydrogen-bond donors (Lipinski definition) is 0. The van der Waals surface area contributed by atoms with E-state index in [1.54, 1.807) is 0 Å². The molecule has 17 heavy (non-hydrogen) atoms. The molecule has 1 heteroatoms. The van der Waals surface area contributed by atoms with E-state index in [2.05, 4.69) is 80.2 Å². The molecule has 0 heterocycles. The van der Waals surface area contributed by atoms with E-state index >= 15 is 0 Å². The fourth-order valence-electron chi connectivity index (χ4n) is 1.86. The zero-order chi connectivity index (χ0) is 12.1. The van der Waals surface area contributed by atoms with Crippen LogP contribution in [0.25, 0.3) is 0 Å². The van der Waals surface area contributed by atoms with E-state index in [4.69, 9.17) is 0 Å². The minimum absolute atomic E-state index is 0.761. The van der Waals surface area contributed by atoms with Crippen LogP contribution in [0.2, 0.25) is 0 Å². The second kappa shape index (κ2) is 5.64. The van der Waals surface area contributed by atoms with Crippen LogP contribution in [-0.2, 0) is 0 Å². The molecule has 0 saturated carbocycles. The second-order valence-electron chi connectivity index (χ2n) is 4.37. The van der Waals surface area contributed by atoms with Gasteiger partial charge >= 0.3 is 0 Å². The van der Waals surface area contributed by atoms with E-state index in [0.717, 1.165) is 0 Å². The maximum Gasteiger partial charge on any atom is 0.147 e. The van der Waals surface area contributed by atoms with Gasteiger partial charge in [0, 0.05) is 0 Å². The summed E-state index contributed by atoms with van der Waals surface area (Å²) in [4.78, 5) is 0. The maximum atomic E-state index is 2.43. The Balaban J connectivity index is 2.43. The fourth-order valence-corrected chi connectivity index (χ4v) is 4.20. The molecule has 0 aliphatic rings. The van der Waals surface area contributed by atoms with Gasteiger partial charge in [-0.1, -0.05) is 82.3 Å². The summed E-state index contributed by atoms with van der Waals surface area (Å²) in [7, 11) is -0.761. The van der Waals surface area contributed by atoms with E-state index in [1.807, 2.05) is 0 Å². The lowest BCUT2D eigenvalue weighted by Crippen LogP contribution is -2.40. The molecule has 1 radical (unpaired) electrons. The highest BCUT2D eigenvalue weighted by molar-refractivity contribution is 6.89. The summed E-state index contributed by atoms with van der Waals surface area (Å²) in [6.07, 6.45) is 0. The highest BCUT2D eigenvalue weighted by Gasteiger charge is 2.13. The molecule has 2 aromatic rings. The Labute approximate surface area is 105 Å². The van der Waals surface area contributed by atoms with E-state index in [0.29, 0.717) is 0 Å². The lowest BCUT2D eigenvalue weighted by Gasteiger charge is -2.12. The average Bonchev–Trinajstić information content (AvgIpc) is 2.38. The molecule has 0 unspecified atom stereocenters. The van der Waals surface area contributed by atoms with Crippen molar-refractivity contribution >= 4 is 19.2 Å². The number of rotatable bonds is 3. The average molecular weight is 237 g/mol. The molecule has 0 aliphatic heterocycles. The Morgan fingerprint density at radius 3 is 1.53 bits per heavy atom. The first-order chi connectivity index (χ1) is 8.27. The lowest BCUT2D eigenvalue weighted by molar-refractivity contribution is 1.41. The van der Waals surface area contributed by atoms with Crippen LogP contribution in [0.1, 0.15) is 13.8 Å². The summed E-state index contributed by atoms with van der Waals surface area (Å²) in [5.74, 6) is 0. The molecule has 0 aliphatic carbocycles. The second-order valence-corrected chi connectivity index (χ2v) is 6.64. The third-order valence-corrected chi connectivity index (χ3v) is 5.38. The Bertz CT molecular complexity index is 442. The molecule has 85 valence electrons. The molecular weight excluding hydrogens is 220 g/mol. The number of hydrogen-bond acceptors (Lipinski definition) is 0. The third kappa shape index (κ3) is 3.18. The van der Waals surface area contributed by atoms with Crippen molar-refractivity contribution in [2.45, 2.75) is 13.8 Å². The quantitative estimate of drug-likeness (QED) is 0.720. The van der Waals surface area contributed by atoms with Gasteiger partial charge in [0.1, 0.15) is 8.80 Å². The van der Waals surface area contributed by atoms with Crippen LogP contribution < -0.4 is 10.4 Å². The SMILES string of the molecule is CC(C)=C[Si](c1ccccc1)c1ccccc1. The summed E-state index contributed by atoms with van der Waals surface area (Å²) in [5.41, 5.74) is 3.82. The van der Waals surface area contributed by atoms with Gasteiger partial charge in [-0.2, -0.15) is 0 Å². The van der Waals surface area contributed by atoms with Crippen molar-refractivity contribution < 1.29 is 0 Å². The Hall–Kier alpha value is -1.60. The molecule has 0 spiro atoms. The first-order valence-corrected chi connectivity index (χ1v) is 7.48. The largest absolute Gasteiger partial charge is 0.147 e. The molecule has 0 N–H and O–H groups in total. The zero-order valence-electron chi connectivity index (χ0n) is 10.4. The summed E-state index contributed by atoms with van der Waals surface area (Å²) in [5, 5.41) is 2.90. The molecule has 2 rings (SSSR count). The minimum Gasteiger partial charge on any atom is -0.0886 e. The lowest BCUT2D eigenvalue weighted by atomic mass is 10.4. The monoisotopic (exact) mass is 237 g/mol. The molecule has 0 saturated heterocycles. The van der Waals surface area contributed by atoms with Gasteiger partial charge in [0.2, 0.25) is 0 Å². The van der Waals surface area contributed by atoms with E-state index in [-0.39, 0.29) is 0 Å². The first-order valence-electron chi connectivity index (χ1n) is 5.90. The van der Waals surface area contributed by atoms with Crippen LogP contribution in [-0.4, -0.2) is 8.80 Å². The van der Waals surface area contributed by atoms with E-state index in [9.17, 15) is 0 Å². The third-order valence-electron chi connectivity index (χ3n) is 2.60. The molecule has 0 bridgehead atoms. The van der Waals surface area contributed by atoms with Gasteiger partial charge in [-0.15, -0.1) is 0 Å². The van der Waals surface area contributed by atoms with Gasteiger partial charge in [-0.3, -0.25) is 0 Å². The van der Waals surface area contributed by atoms with Crippen molar-refractivity contribution in [1.82, 2.24) is 0 Å². The van der Waals surface area contributed by atoms with Crippen molar-refractivity contribution in [1.29, 1.82) is 0 Å². The molecule has 0 fully saturated rings. The van der Waals surface area contributed by atoms with Crippen LogP contribution in [0.15, 0.2) is 71.9 Å². The molecule has 0 atom stereocenters. The predicted molar refractivity (Wildman–Crippen MR) is 77.3 cm³/mol. The zero-order valence-corrected chi connectivity index (χ0v) is 11.4. The number of benzene rings is 2. The summed E-state index contributed by atoms with van der Waals surface area (Å²) >= 11 is 0. The van der Waals surface area contributed by atoms with Crippen LogP contribution >= 0.6 is 0 Å². The molecule has 0 aromatic heterocycles. The Morgan fingerprint density at radius 1 is 0.765 bits per heavy atom. The Morgan fingerprint density at radius 2 is 1.18 bits per heavy atom. The molecule has 0 amide bonds. The van der Waals surface area contributed by atoms with Crippen molar-refractivity contribution in [3.05, 3.63) is 71.9 Å². The predicted octanol–water partition coefficient (Wildman–Crippen LogP) is 2.80. The van der Waals surface area contributed by atoms with E-state index < -0.39 is 8.80 Å². The summed E-state index contributed by atoms with van der Waals surface area (Å²) < 4.78 is 0. The van der Waals surface area contributed by atoms with Gasteiger partial charge in [0.25, 0.3) is 0 Å². The van der Waals surface area contributed by atoms with Crippen molar-refractivity contribution in [3.8, 4) is 0 Å². The van der Waals surface area contributed by atoms with Gasteiger partial charge in [0.05, 0.1) is 0 Å². The van der Waals surface area contributed by atoms with Crippen molar-refractivity contribution in [2.75, 3.05) is 0 Å². The standard InChI is InChI=1S/C16H17Si/c1-14(2)13-17(15-9-5-3-6-10-15)16-11-7-4-8-12-16/h3-13H,1-2H3. The topological polar surface area (TPSA) is 0 Å². The maximum absolute atomic E-state index is 2.43. The highest BCUT2D eigenvalue weighted by atomic mass is 28.3. The van der Waals surface area contributed by atoms with Gasteiger partial charge in [0.15, 0.2) is 0 Å². The highest BCUT2D eigenvalue weighted by Crippen LogP contribution is 1.98. The van der Waals surface area contributed by atoms with Gasteiger partial charge < -0.3 is 0 Å². The summed E-state index contributed by atoms with van der Waals surface area (Å²) in [6, 6.07) is 21.6. The van der Waals surface area contributed by atoms with Gasteiger partial charge in [-0.25, -0.2) is 0 Å². The fraction of sp³-hybridized carbons (Fsp3) is 0.125. The normalized spacial score (nSPS) is 10.3. The minimum atomic E-state index is -0.761. The van der Waals surface area contributed by atoms with Gasteiger partial charge in [-0.05, 0) is 13.8 Å². The summed E-state index contributed by atoms with van der Waals surface area (Å²) in [6.45, 7) is 4.35. The van der Waals surface area contributed by atoms with Crippen LogP contribution in [0, 0.1) is 0 Å². The smallest absolute Gasteiger partial charge is 0.0886 e. The molecular formula is C16H17Si. The van der Waals surface area contributed by atoms with E-state index in [1.165, 1.54) is 15.9 Å². The van der Waals surface area contributed by atoms with Crippen molar-refractivity contribution in [3.63, 3.8) is 0 Å². The van der Waals surface area contributed by atoms with Crippen LogP contribution in [0.3, 0.4) is 0 Å².